The molecule has 3 aromatic rings. The van der Waals surface area contributed by atoms with E-state index in [9.17, 15) is 0 Å². The van der Waals surface area contributed by atoms with Crippen LogP contribution in [0, 0.1) is 5.41 Å². The second-order valence-corrected chi connectivity index (χ2v) is 11.7. The van der Waals surface area contributed by atoms with Crippen LogP contribution in [0.25, 0.3) is 16.3 Å². The standard InChI is InChI=1S/C29H31N2S2/c1-5-31-24-13-7-9-15-26(24)32-27(31)16-10-11-21-17-22(20-29(2,3)19-21)18-28-30(4)23-12-6-8-14-25(23)33-28/h6-18H,5,19-20H2,1-4H3/q+1. The fourth-order valence-corrected chi connectivity index (χ4v) is 7.14. The molecule has 0 fully saturated rings. The summed E-state index contributed by atoms with van der Waals surface area (Å²) in [5, 5.41) is 2.61. The Morgan fingerprint density at radius 1 is 1.06 bits per heavy atom. The van der Waals surface area contributed by atoms with Crippen LogP contribution in [0.1, 0.15) is 38.6 Å². The minimum Gasteiger partial charge on any atom is -0.338 e. The number of allylic oxidation sites excluding steroid dienone is 6. The molecule has 0 saturated carbocycles. The van der Waals surface area contributed by atoms with Crippen LogP contribution in [0.5, 0.6) is 0 Å². The molecule has 2 nitrogen and oxygen atoms in total. The Morgan fingerprint density at radius 2 is 1.85 bits per heavy atom. The SMILES string of the molecule is CC[n+]1c(C=CC=C2C=C(C=C3Sc4ccccc4N3C)CC(C)(C)C2)sc2ccccc21. The van der Waals surface area contributed by atoms with Gasteiger partial charge in [0.05, 0.1) is 10.7 Å². The van der Waals surface area contributed by atoms with E-state index in [4.69, 9.17) is 0 Å². The van der Waals surface area contributed by atoms with Gasteiger partial charge in [0.25, 0.3) is 5.01 Å². The molecule has 0 unspecified atom stereocenters. The number of anilines is 1. The van der Waals surface area contributed by atoms with Crippen LogP contribution < -0.4 is 9.47 Å². The van der Waals surface area contributed by atoms with Crippen molar-refractivity contribution in [3.63, 3.8) is 0 Å². The zero-order valence-corrected chi connectivity index (χ0v) is 21.5. The van der Waals surface area contributed by atoms with Gasteiger partial charge in [0.15, 0.2) is 0 Å². The number of nitrogens with zero attached hydrogens (tertiary/aromatic N) is 2. The van der Waals surface area contributed by atoms with Crippen LogP contribution in [0.3, 0.4) is 0 Å². The van der Waals surface area contributed by atoms with Gasteiger partial charge in [-0.3, -0.25) is 0 Å². The van der Waals surface area contributed by atoms with Crippen LogP contribution in [0.4, 0.5) is 5.69 Å². The van der Waals surface area contributed by atoms with Crippen molar-refractivity contribution in [1.29, 1.82) is 0 Å². The Bertz CT molecular complexity index is 1320. The summed E-state index contributed by atoms with van der Waals surface area (Å²) in [7, 11) is 2.17. The van der Waals surface area contributed by atoms with Crippen molar-refractivity contribution in [2.24, 2.45) is 5.41 Å². The summed E-state index contributed by atoms with van der Waals surface area (Å²) in [6, 6.07) is 17.3. The van der Waals surface area contributed by atoms with Gasteiger partial charge in [0, 0.05) is 24.1 Å². The average molecular weight is 472 g/mol. The van der Waals surface area contributed by atoms with Gasteiger partial charge in [-0.25, -0.2) is 0 Å². The molecular formula is C29H31N2S2+. The van der Waals surface area contributed by atoms with E-state index in [-0.39, 0.29) is 5.41 Å². The largest absolute Gasteiger partial charge is 0.338 e. The minimum atomic E-state index is 0.260. The average Bonchev–Trinajstić information content (AvgIpc) is 3.30. The van der Waals surface area contributed by atoms with Gasteiger partial charge < -0.3 is 4.90 Å². The van der Waals surface area contributed by atoms with E-state index in [2.05, 4.69) is 116 Å². The third-order valence-electron chi connectivity index (χ3n) is 6.32. The fraction of sp³-hybridized carbons (Fsp3) is 0.276. The van der Waals surface area contributed by atoms with Crippen LogP contribution in [0.15, 0.2) is 93.9 Å². The first-order valence-corrected chi connectivity index (χ1v) is 13.3. The van der Waals surface area contributed by atoms with Crippen molar-refractivity contribution in [2.45, 2.75) is 45.1 Å². The summed E-state index contributed by atoms with van der Waals surface area (Å²) in [6.07, 6.45) is 13.8. The Kier molecular flexibility index (Phi) is 6.07. The number of aromatic nitrogens is 1. The maximum Gasteiger partial charge on any atom is 0.262 e. The number of thiazole rings is 1. The number of para-hydroxylation sites is 2. The Labute approximate surface area is 205 Å². The van der Waals surface area contributed by atoms with E-state index >= 15 is 0 Å². The van der Waals surface area contributed by atoms with E-state index in [1.54, 1.807) is 0 Å². The molecule has 168 valence electrons. The highest BCUT2D eigenvalue weighted by molar-refractivity contribution is 8.03. The molecule has 33 heavy (non-hydrogen) atoms. The van der Waals surface area contributed by atoms with Gasteiger partial charge in [-0.15, -0.1) is 0 Å². The van der Waals surface area contributed by atoms with Gasteiger partial charge in [0.2, 0.25) is 5.52 Å². The molecule has 0 amide bonds. The number of hydrogen-bond acceptors (Lipinski definition) is 3. The molecule has 2 heterocycles. The molecule has 2 aliphatic rings. The highest BCUT2D eigenvalue weighted by Crippen LogP contribution is 2.46. The molecule has 1 aromatic heterocycles. The summed E-state index contributed by atoms with van der Waals surface area (Å²) in [5.74, 6) is 0. The molecular weight excluding hydrogens is 440 g/mol. The lowest BCUT2D eigenvalue weighted by Gasteiger charge is -2.30. The normalized spacial score (nSPS) is 20.2. The van der Waals surface area contributed by atoms with Crippen LogP contribution >= 0.6 is 23.1 Å². The van der Waals surface area contributed by atoms with Crippen molar-refractivity contribution >= 4 is 45.1 Å². The highest BCUT2D eigenvalue weighted by atomic mass is 32.2. The predicted molar refractivity (Wildman–Crippen MR) is 145 cm³/mol. The van der Waals surface area contributed by atoms with Gasteiger partial charge >= 0.3 is 0 Å². The first-order valence-electron chi connectivity index (χ1n) is 11.6. The zero-order valence-electron chi connectivity index (χ0n) is 19.8. The molecule has 0 saturated heterocycles. The smallest absolute Gasteiger partial charge is 0.262 e. The minimum absolute atomic E-state index is 0.260. The Balaban J connectivity index is 1.42. The number of thioether (sulfide) groups is 1. The number of rotatable bonds is 4. The summed E-state index contributed by atoms with van der Waals surface area (Å²) in [6.45, 7) is 7.97. The molecule has 2 aromatic carbocycles. The predicted octanol–water partition coefficient (Wildman–Crippen LogP) is 7.98. The molecule has 1 aliphatic carbocycles. The summed E-state index contributed by atoms with van der Waals surface area (Å²) >= 11 is 3.74. The number of hydrogen-bond donors (Lipinski definition) is 0. The maximum absolute atomic E-state index is 2.40. The maximum atomic E-state index is 2.40. The Morgan fingerprint density at radius 3 is 2.67 bits per heavy atom. The van der Waals surface area contributed by atoms with Crippen molar-refractivity contribution in [3.8, 4) is 0 Å². The molecule has 0 spiro atoms. The monoisotopic (exact) mass is 471 g/mol. The van der Waals surface area contributed by atoms with E-state index in [0.29, 0.717) is 0 Å². The quantitative estimate of drug-likeness (QED) is 0.356. The van der Waals surface area contributed by atoms with Crippen LogP contribution in [-0.4, -0.2) is 7.05 Å². The zero-order chi connectivity index (χ0) is 23.0. The highest BCUT2D eigenvalue weighted by Gasteiger charge is 2.27. The fourth-order valence-electron chi connectivity index (χ4n) is 4.87. The molecule has 0 radical (unpaired) electrons. The van der Waals surface area contributed by atoms with Crippen molar-refractivity contribution in [1.82, 2.24) is 0 Å². The van der Waals surface area contributed by atoms with Crippen molar-refractivity contribution in [3.05, 3.63) is 94.0 Å². The first kappa shape index (κ1) is 22.2. The number of aryl methyl sites for hydroxylation is 1. The third kappa shape index (κ3) is 4.60. The molecule has 1 aliphatic heterocycles. The van der Waals surface area contributed by atoms with Crippen LogP contribution in [-0.2, 0) is 6.54 Å². The lowest BCUT2D eigenvalue weighted by Crippen LogP contribution is -2.33. The lowest BCUT2D eigenvalue weighted by molar-refractivity contribution is -0.665. The van der Waals surface area contributed by atoms with Gasteiger partial charge in [-0.05, 0) is 60.6 Å². The van der Waals surface area contributed by atoms with Crippen molar-refractivity contribution in [2.75, 3.05) is 11.9 Å². The van der Waals surface area contributed by atoms with Gasteiger partial charge in [0.1, 0.15) is 11.2 Å². The molecule has 5 rings (SSSR count). The van der Waals surface area contributed by atoms with E-state index in [1.807, 2.05) is 23.1 Å². The van der Waals surface area contributed by atoms with Gasteiger partial charge in [-0.2, -0.15) is 4.57 Å². The van der Waals surface area contributed by atoms with E-state index in [1.165, 1.54) is 42.0 Å². The van der Waals surface area contributed by atoms with E-state index < -0.39 is 0 Å². The number of fused-ring (bicyclic) bond motifs is 2. The van der Waals surface area contributed by atoms with E-state index in [0.717, 1.165) is 19.4 Å². The molecule has 0 N–H and O–H groups in total. The summed E-state index contributed by atoms with van der Waals surface area (Å²) in [4.78, 5) is 3.66. The third-order valence-corrected chi connectivity index (χ3v) is 8.62. The number of benzene rings is 2. The second-order valence-electron chi connectivity index (χ2n) is 9.60. The molecule has 4 heteroatoms. The van der Waals surface area contributed by atoms with Crippen molar-refractivity contribution < 1.29 is 4.57 Å². The summed E-state index contributed by atoms with van der Waals surface area (Å²) in [5.41, 5.74) is 5.70. The lowest BCUT2D eigenvalue weighted by atomic mass is 9.75. The Hall–Kier alpha value is -2.56. The second kappa shape index (κ2) is 9.00. The molecule has 0 bridgehead atoms. The first-order chi connectivity index (χ1) is 15.9. The van der Waals surface area contributed by atoms with Gasteiger partial charge in [-0.1, -0.05) is 79.4 Å². The van der Waals surface area contributed by atoms with Crippen LogP contribution in [0.2, 0.25) is 0 Å². The molecule has 0 atom stereocenters. The topological polar surface area (TPSA) is 7.12 Å². The summed E-state index contributed by atoms with van der Waals surface area (Å²) < 4.78 is 3.74.